The predicted octanol–water partition coefficient (Wildman–Crippen LogP) is 1.02. The number of benzene rings is 1. The monoisotopic (exact) mass is 523 g/mol. The van der Waals surface area contributed by atoms with E-state index >= 15 is 0 Å². The molecule has 1 saturated carbocycles. The number of carbonyl (C=O) groups is 1. The highest BCUT2D eigenvalue weighted by atomic mass is 16.7. The predicted molar refractivity (Wildman–Crippen MR) is 131 cm³/mol. The summed E-state index contributed by atoms with van der Waals surface area (Å²) in [7, 11) is 0. The van der Waals surface area contributed by atoms with Crippen LogP contribution in [0.15, 0.2) is 22.8 Å². The van der Waals surface area contributed by atoms with Crippen LogP contribution in [0.2, 0.25) is 0 Å². The largest absolute Gasteiger partial charge is 0.485 e. The molecule has 0 spiro atoms. The molecule has 1 aliphatic carbocycles. The number of fused-ring (bicyclic) bond motifs is 1. The molecule has 2 aromatic rings. The minimum Gasteiger partial charge on any atom is -0.485 e. The van der Waals surface area contributed by atoms with Crippen molar-refractivity contribution in [1.29, 1.82) is 0 Å². The number of aryl methyl sites for hydroxylation is 1. The summed E-state index contributed by atoms with van der Waals surface area (Å²) in [6.07, 6.45) is -0.777. The van der Waals surface area contributed by atoms with Crippen molar-refractivity contribution in [2.45, 2.75) is 82.2 Å². The Morgan fingerprint density at radius 1 is 1.14 bits per heavy atom. The Hall–Kier alpha value is -2.41. The highest BCUT2D eigenvalue weighted by molar-refractivity contribution is 5.87. The Balaban J connectivity index is 1.61. The van der Waals surface area contributed by atoms with Crippen LogP contribution in [0.5, 0.6) is 11.5 Å². The lowest BCUT2D eigenvalue weighted by atomic mass is 9.99. The van der Waals surface area contributed by atoms with Crippen LogP contribution in [0.4, 0.5) is 0 Å². The zero-order valence-corrected chi connectivity index (χ0v) is 21.0. The van der Waals surface area contributed by atoms with Crippen molar-refractivity contribution in [3.8, 4) is 11.5 Å². The average Bonchev–Trinajstić information content (AvgIpc) is 3.58. The van der Waals surface area contributed by atoms with Gasteiger partial charge >= 0.3 is 5.97 Å². The number of rotatable bonds is 12. The smallest absolute Gasteiger partial charge is 0.306 e. The molecule has 5 N–H and O–H groups in total. The molecule has 5 atom stereocenters. The quantitative estimate of drug-likeness (QED) is 0.200. The number of carbonyl (C=O) groups excluding carboxylic acids is 1. The van der Waals surface area contributed by atoms with Gasteiger partial charge < -0.3 is 49.1 Å². The molecular formula is C26H37NO10. The lowest BCUT2D eigenvalue weighted by Gasteiger charge is -2.39. The summed E-state index contributed by atoms with van der Waals surface area (Å²) in [4.78, 5) is 12.1. The van der Waals surface area contributed by atoms with Crippen molar-refractivity contribution < 1.29 is 48.6 Å². The van der Waals surface area contributed by atoms with E-state index in [1.54, 1.807) is 19.1 Å². The van der Waals surface area contributed by atoms with Crippen LogP contribution in [0.1, 0.15) is 44.6 Å². The molecule has 1 aromatic carbocycles. The van der Waals surface area contributed by atoms with Gasteiger partial charge in [-0.25, -0.2) is 0 Å². The second kappa shape index (κ2) is 12.9. The van der Waals surface area contributed by atoms with E-state index in [-0.39, 0.29) is 36.9 Å². The first-order valence-corrected chi connectivity index (χ1v) is 12.9. The summed E-state index contributed by atoms with van der Waals surface area (Å²) in [6.45, 7) is 2.30. The number of nitrogens with one attached hydrogen (secondary N) is 1. The minimum atomic E-state index is -1.61. The summed E-state index contributed by atoms with van der Waals surface area (Å²) in [6, 6.07) is 4.03. The molecule has 1 saturated heterocycles. The summed E-state index contributed by atoms with van der Waals surface area (Å²) < 4.78 is 28.5. The van der Waals surface area contributed by atoms with Gasteiger partial charge in [0.2, 0.25) is 12.0 Å². The number of aliphatic hydroxyl groups is 4. The summed E-state index contributed by atoms with van der Waals surface area (Å²) in [5, 5.41) is 44.7. The molecule has 2 aliphatic rings. The third-order valence-electron chi connectivity index (χ3n) is 6.85. The van der Waals surface area contributed by atoms with Gasteiger partial charge in [-0.15, -0.1) is 0 Å². The molecular weight excluding hydrogens is 486 g/mol. The normalized spacial score (nSPS) is 26.5. The summed E-state index contributed by atoms with van der Waals surface area (Å²) >= 11 is 0. The third-order valence-corrected chi connectivity index (χ3v) is 6.85. The van der Waals surface area contributed by atoms with E-state index in [2.05, 4.69) is 5.32 Å². The summed E-state index contributed by atoms with van der Waals surface area (Å²) in [5.74, 6) is 0.0697. The van der Waals surface area contributed by atoms with Crippen LogP contribution >= 0.6 is 0 Å². The third kappa shape index (κ3) is 6.54. The average molecular weight is 524 g/mol. The van der Waals surface area contributed by atoms with Gasteiger partial charge in [-0.2, -0.15) is 0 Å². The number of ether oxygens (including phenoxy) is 4. The van der Waals surface area contributed by atoms with Crippen molar-refractivity contribution >= 4 is 16.9 Å². The molecule has 5 unspecified atom stereocenters. The minimum absolute atomic E-state index is 0.0743. The second-order valence-corrected chi connectivity index (χ2v) is 9.44. The van der Waals surface area contributed by atoms with E-state index < -0.39 is 37.3 Å². The molecule has 4 rings (SSSR count). The summed E-state index contributed by atoms with van der Waals surface area (Å²) in [5.41, 5.74) is 0.998. The van der Waals surface area contributed by atoms with Crippen LogP contribution in [0.3, 0.4) is 0 Å². The number of hydrogen-bond acceptors (Lipinski definition) is 11. The Labute approximate surface area is 215 Å². The van der Waals surface area contributed by atoms with E-state index in [0.717, 1.165) is 18.2 Å². The molecule has 1 aliphatic heterocycles. The molecule has 0 amide bonds. The zero-order chi connectivity index (χ0) is 26.4. The fourth-order valence-electron chi connectivity index (χ4n) is 4.86. The Bertz CT molecular complexity index is 1020. The number of furan rings is 1. The molecule has 2 heterocycles. The lowest BCUT2D eigenvalue weighted by Crippen LogP contribution is -2.60. The van der Waals surface area contributed by atoms with Crippen molar-refractivity contribution in [2.75, 3.05) is 26.4 Å². The molecule has 206 valence electrons. The van der Waals surface area contributed by atoms with Gasteiger partial charge in [0.05, 0.1) is 19.5 Å². The van der Waals surface area contributed by atoms with Crippen LogP contribution in [-0.2, 0) is 20.7 Å². The zero-order valence-electron chi connectivity index (χ0n) is 21.0. The maximum absolute atomic E-state index is 12.1. The van der Waals surface area contributed by atoms with Crippen molar-refractivity contribution in [2.24, 2.45) is 0 Å². The first kappa shape index (κ1) is 27.6. The van der Waals surface area contributed by atoms with E-state index in [4.69, 9.17) is 23.4 Å². The Morgan fingerprint density at radius 3 is 2.65 bits per heavy atom. The maximum Gasteiger partial charge on any atom is 0.306 e. The standard InChI is InChI=1S/C26H37NO10/c1-2-33-19(29)8-7-15-13-16-9-11-34-23(16)25(35-12-10-27-17-5-3-4-6-17)24(15)37-26-22(32)21(31)20(30)18(14-28)36-26/h9,11,13,17-18,20-22,26-28,30-32H,2-8,10,12,14H2,1H3. The van der Waals surface area contributed by atoms with Crippen molar-refractivity contribution in [3.63, 3.8) is 0 Å². The molecule has 11 heteroatoms. The van der Waals surface area contributed by atoms with E-state index in [0.29, 0.717) is 30.3 Å². The highest BCUT2D eigenvalue weighted by Gasteiger charge is 2.45. The number of esters is 1. The van der Waals surface area contributed by atoms with E-state index in [1.165, 1.54) is 19.1 Å². The van der Waals surface area contributed by atoms with Crippen LogP contribution in [0.25, 0.3) is 11.0 Å². The second-order valence-electron chi connectivity index (χ2n) is 9.44. The first-order chi connectivity index (χ1) is 17.9. The molecule has 0 radical (unpaired) electrons. The van der Waals surface area contributed by atoms with Gasteiger partial charge in [0.25, 0.3) is 0 Å². The Morgan fingerprint density at radius 2 is 1.92 bits per heavy atom. The van der Waals surface area contributed by atoms with Crippen LogP contribution in [-0.4, -0.2) is 89.5 Å². The van der Waals surface area contributed by atoms with Gasteiger partial charge in [0.1, 0.15) is 31.0 Å². The van der Waals surface area contributed by atoms with Crippen molar-refractivity contribution in [1.82, 2.24) is 5.32 Å². The van der Waals surface area contributed by atoms with Gasteiger partial charge in [-0.3, -0.25) is 4.79 Å². The molecule has 37 heavy (non-hydrogen) atoms. The SMILES string of the molecule is CCOC(=O)CCc1cc2ccoc2c(OCCNC2CCCC2)c1OC1OC(CO)C(O)C(O)C1O. The highest BCUT2D eigenvalue weighted by Crippen LogP contribution is 2.42. The molecule has 1 aromatic heterocycles. The van der Waals surface area contributed by atoms with Crippen LogP contribution in [0, 0.1) is 0 Å². The fraction of sp³-hybridized carbons (Fsp3) is 0.654. The lowest BCUT2D eigenvalue weighted by molar-refractivity contribution is -0.277. The Kier molecular flexibility index (Phi) is 9.63. The van der Waals surface area contributed by atoms with Gasteiger partial charge in [-0.1, -0.05) is 12.8 Å². The topological polar surface area (TPSA) is 160 Å². The molecule has 2 fully saturated rings. The van der Waals surface area contributed by atoms with E-state index in [9.17, 15) is 25.2 Å². The molecule has 0 bridgehead atoms. The fourth-order valence-corrected chi connectivity index (χ4v) is 4.86. The van der Waals surface area contributed by atoms with Gasteiger partial charge in [0.15, 0.2) is 11.3 Å². The number of hydrogen-bond donors (Lipinski definition) is 5. The molecule has 11 nitrogen and oxygen atoms in total. The first-order valence-electron chi connectivity index (χ1n) is 12.9. The maximum atomic E-state index is 12.1. The van der Waals surface area contributed by atoms with Gasteiger partial charge in [-0.05, 0) is 43.9 Å². The van der Waals surface area contributed by atoms with Crippen molar-refractivity contribution in [3.05, 3.63) is 24.0 Å². The number of aliphatic hydroxyl groups excluding tert-OH is 4. The van der Waals surface area contributed by atoms with E-state index in [1.807, 2.05) is 0 Å². The van der Waals surface area contributed by atoms with Crippen LogP contribution < -0.4 is 14.8 Å². The van der Waals surface area contributed by atoms with Gasteiger partial charge in [0, 0.05) is 24.4 Å².